The van der Waals surface area contributed by atoms with Crippen molar-refractivity contribution in [2.24, 2.45) is 5.10 Å². The van der Waals surface area contributed by atoms with Crippen LogP contribution in [0.15, 0.2) is 65.8 Å². The number of hydrogen-bond acceptors (Lipinski definition) is 8. The van der Waals surface area contributed by atoms with Crippen molar-refractivity contribution in [1.29, 1.82) is 0 Å². The molecule has 0 amide bonds. The Bertz CT molecular complexity index is 1160. The summed E-state index contributed by atoms with van der Waals surface area (Å²) < 4.78 is 11.2. The highest BCUT2D eigenvalue weighted by atomic mass is 16.6. The van der Waals surface area contributed by atoms with E-state index < -0.39 is 15.5 Å². The van der Waals surface area contributed by atoms with Crippen LogP contribution in [0.25, 0.3) is 0 Å². The molecule has 10 nitrogen and oxygen atoms in total. The second-order valence-electron chi connectivity index (χ2n) is 6.77. The Morgan fingerprint density at radius 2 is 1.72 bits per heavy atom. The zero-order chi connectivity index (χ0) is 23.1. The summed E-state index contributed by atoms with van der Waals surface area (Å²) in [4.78, 5) is 20.6. The van der Waals surface area contributed by atoms with Gasteiger partial charge in [-0.15, -0.1) is 0 Å². The monoisotopic (exact) mass is 436 g/mol. The summed E-state index contributed by atoms with van der Waals surface area (Å²) in [5, 5.41) is 26.0. The summed E-state index contributed by atoms with van der Waals surface area (Å²) in [7, 11) is 1.52. The van der Waals surface area contributed by atoms with Gasteiger partial charge in [-0.3, -0.25) is 25.7 Å². The molecule has 164 valence electrons. The maximum Gasteiger partial charge on any atom is 0.301 e. The third-order valence-electron chi connectivity index (χ3n) is 4.49. The van der Waals surface area contributed by atoms with E-state index >= 15 is 0 Å². The van der Waals surface area contributed by atoms with E-state index in [1.54, 1.807) is 18.2 Å². The Hall–Kier alpha value is -4.47. The summed E-state index contributed by atoms with van der Waals surface area (Å²) in [5.74, 6) is 1.06. The van der Waals surface area contributed by atoms with Crippen LogP contribution in [0.4, 0.5) is 17.1 Å². The third kappa shape index (κ3) is 5.57. The van der Waals surface area contributed by atoms with Crippen molar-refractivity contribution in [1.82, 2.24) is 0 Å². The van der Waals surface area contributed by atoms with Gasteiger partial charge < -0.3 is 9.47 Å². The average molecular weight is 436 g/mol. The van der Waals surface area contributed by atoms with Crippen molar-refractivity contribution in [2.75, 3.05) is 12.5 Å². The van der Waals surface area contributed by atoms with E-state index in [0.717, 1.165) is 17.7 Å². The molecular weight excluding hydrogens is 416 g/mol. The number of non-ortho nitro benzene ring substituents is 1. The molecule has 1 N–H and O–H groups in total. The van der Waals surface area contributed by atoms with Gasteiger partial charge in [0.1, 0.15) is 12.3 Å². The predicted octanol–water partition coefficient (Wildman–Crippen LogP) is 4.85. The highest BCUT2D eigenvalue weighted by molar-refractivity contribution is 5.82. The predicted molar refractivity (Wildman–Crippen MR) is 119 cm³/mol. The van der Waals surface area contributed by atoms with Crippen LogP contribution in [0.5, 0.6) is 11.5 Å². The Balaban J connectivity index is 1.70. The number of ether oxygens (including phenoxy) is 2. The number of nitro groups is 2. The van der Waals surface area contributed by atoms with Crippen LogP contribution in [0.2, 0.25) is 0 Å². The number of rotatable bonds is 9. The standard InChI is InChI=1S/C22H20N4O6/c1-15-3-5-16(6-4-15)14-32-21-10-7-17(11-22(21)31-2)13-23-24-19-9-8-18(25(27)28)12-20(19)26(29)30/h3-13,24H,14H2,1-2H3/b23-13-. The molecule has 3 rings (SSSR count). The van der Waals surface area contributed by atoms with E-state index in [0.29, 0.717) is 23.7 Å². The highest BCUT2D eigenvalue weighted by Gasteiger charge is 2.19. The molecule has 3 aromatic rings. The minimum Gasteiger partial charge on any atom is -0.493 e. The molecule has 0 saturated carbocycles. The molecule has 0 radical (unpaired) electrons. The Labute approximate surface area is 183 Å². The van der Waals surface area contributed by atoms with Gasteiger partial charge in [-0.25, -0.2) is 0 Å². The number of nitrogens with zero attached hydrogens (tertiary/aromatic N) is 3. The van der Waals surface area contributed by atoms with E-state index in [-0.39, 0.29) is 11.4 Å². The van der Waals surface area contributed by atoms with Crippen LogP contribution in [-0.2, 0) is 6.61 Å². The highest BCUT2D eigenvalue weighted by Crippen LogP contribution is 2.30. The minimum absolute atomic E-state index is 0.0295. The maximum absolute atomic E-state index is 11.2. The van der Waals surface area contributed by atoms with E-state index in [1.807, 2.05) is 31.2 Å². The van der Waals surface area contributed by atoms with Crippen LogP contribution >= 0.6 is 0 Å². The van der Waals surface area contributed by atoms with Gasteiger partial charge in [-0.05, 0) is 42.3 Å². The molecule has 0 aliphatic heterocycles. The number of nitrogens with one attached hydrogen (secondary N) is 1. The first-order valence-corrected chi connectivity index (χ1v) is 9.45. The van der Waals surface area contributed by atoms with Gasteiger partial charge in [0.05, 0.1) is 29.2 Å². The lowest BCUT2D eigenvalue weighted by molar-refractivity contribution is -0.393. The molecule has 0 aromatic heterocycles. The van der Waals surface area contributed by atoms with Crippen LogP contribution < -0.4 is 14.9 Å². The third-order valence-corrected chi connectivity index (χ3v) is 4.49. The summed E-state index contributed by atoms with van der Waals surface area (Å²) in [6, 6.07) is 16.5. The van der Waals surface area contributed by atoms with Crippen LogP contribution in [0.3, 0.4) is 0 Å². The zero-order valence-corrected chi connectivity index (χ0v) is 17.3. The van der Waals surface area contributed by atoms with Gasteiger partial charge in [0.15, 0.2) is 11.5 Å². The zero-order valence-electron chi connectivity index (χ0n) is 17.3. The maximum atomic E-state index is 11.2. The fraction of sp³-hybridized carbons (Fsp3) is 0.136. The summed E-state index contributed by atoms with van der Waals surface area (Å²) in [5.41, 5.74) is 4.60. The topological polar surface area (TPSA) is 129 Å². The Kier molecular flexibility index (Phi) is 6.96. The number of anilines is 1. The average Bonchev–Trinajstić information content (AvgIpc) is 2.79. The lowest BCUT2D eigenvalue weighted by atomic mass is 10.2. The molecule has 0 aliphatic carbocycles. The van der Waals surface area contributed by atoms with E-state index in [2.05, 4.69) is 10.5 Å². The quantitative estimate of drug-likeness (QED) is 0.288. The number of hydrazone groups is 1. The SMILES string of the molecule is COc1cc(/C=N\Nc2ccc([N+](=O)[O-])cc2[N+](=O)[O-])ccc1OCc1ccc(C)cc1. The smallest absolute Gasteiger partial charge is 0.301 e. The first kappa shape index (κ1) is 22.2. The van der Waals surface area contributed by atoms with Gasteiger partial charge in [0.2, 0.25) is 0 Å². The van der Waals surface area contributed by atoms with Crippen molar-refractivity contribution < 1.29 is 19.3 Å². The van der Waals surface area contributed by atoms with Gasteiger partial charge in [-0.1, -0.05) is 29.8 Å². The molecule has 32 heavy (non-hydrogen) atoms. The molecule has 0 bridgehead atoms. The number of hydrogen-bond donors (Lipinski definition) is 1. The molecule has 0 aliphatic rings. The number of aryl methyl sites for hydroxylation is 1. The van der Waals surface area contributed by atoms with Crippen LogP contribution in [0.1, 0.15) is 16.7 Å². The van der Waals surface area contributed by atoms with Gasteiger partial charge in [0, 0.05) is 6.07 Å². The van der Waals surface area contributed by atoms with Gasteiger partial charge >= 0.3 is 5.69 Å². The molecular formula is C22H20N4O6. The fourth-order valence-corrected chi connectivity index (χ4v) is 2.78. The van der Waals surface area contributed by atoms with Crippen molar-refractivity contribution in [3.05, 3.63) is 97.6 Å². The van der Waals surface area contributed by atoms with Gasteiger partial charge in [-0.2, -0.15) is 5.10 Å². The Morgan fingerprint density at radius 3 is 2.38 bits per heavy atom. The fourth-order valence-electron chi connectivity index (χ4n) is 2.78. The van der Waals surface area contributed by atoms with Crippen LogP contribution in [0, 0.1) is 27.2 Å². The molecule has 10 heteroatoms. The van der Waals surface area contributed by atoms with Crippen molar-refractivity contribution in [3.8, 4) is 11.5 Å². The summed E-state index contributed by atoms with van der Waals surface area (Å²) in [6.07, 6.45) is 1.44. The second kappa shape index (κ2) is 10.0. The lowest BCUT2D eigenvalue weighted by Gasteiger charge is -2.11. The van der Waals surface area contributed by atoms with Crippen molar-refractivity contribution in [2.45, 2.75) is 13.5 Å². The molecule has 0 fully saturated rings. The number of methoxy groups -OCH3 is 1. The van der Waals surface area contributed by atoms with Gasteiger partial charge in [0.25, 0.3) is 5.69 Å². The van der Waals surface area contributed by atoms with E-state index in [4.69, 9.17) is 9.47 Å². The number of benzene rings is 3. The first-order chi connectivity index (χ1) is 15.4. The summed E-state index contributed by atoms with van der Waals surface area (Å²) >= 11 is 0. The molecule has 0 heterocycles. The van der Waals surface area contributed by atoms with E-state index in [1.165, 1.54) is 25.0 Å². The minimum atomic E-state index is -0.714. The van der Waals surface area contributed by atoms with Crippen LogP contribution in [-0.4, -0.2) is 23.2 Å². The first-order valence-electron chi connectivity index (χ1n) is 9.45. The Morgan fingerprint density at radius 1 is 0.969 bits per heavy atom. The molecule has 0 atom stereocenters. The number of nitro benzene ring substituents is 2. The molecule has 3 aromatic carbocycles. The molecule has 0 unspecified atom stereocenters. The normalized spacial score (nSPS) is 10.7. The van der Waals surface area contributed by atoms with Crippen molar-refractivity contribution in [3.63, 3.8) is 0 Å². The van der Waals surface area contributed by atoms with Crippen molar-refractivity contribution >= 4 is 23.3 Å². The lowest BCUT2D eigenvalue weighted by Crippen LogP contribution is -2.00. The largest absolute Gasteiger partial charge is 0.493 e. The summed E-state index contributed by atoms with van der Waals surface area (Å²) in [6.45, 7) is 2.40. The van der Waals surface area contributed by atoms with E-state index in [9.17, 15) is 20.2 Å². The molecule has 0 spiro atoms. The molecule has 0 saturated heterocycles. The second-order valence-corrected chi connectivity index (χ2v) is 6.77.